The summed E-state index contributed by atoms with van der Waals surface area (Å²) in [6.07, 6.45) is 5.95. The molecule has 4 aliphatic rings. The van der Waals surface area contributed by atoms with E-state index in [0.717, 1.165) is 12.8 Å². The second kappa shape index (κ2) is 9.45. The molecule has 0 unspecified atom stereocenters. The van der Waals surface area contributed by atoms with Gasteiger partial charge in [-0.25, -0.2) is 0 Å². The quantitative estimate of drug-likeness (QED) is 0.342. The van der Waals surface area contributed by atoms with Crippen LogP contribution < -0.4 is 0 Å². The Bertz CT molecular complexity index is 1600. The zero-order valence-corrected chi connectivity index (χ0v) is 23.1. The molecule has 10 heteroatoms. The van der Waals surface area contributed by atoms with E-state index in [2.05, 4.69) is 20.9 Å². The third kappa shape index (κ3) is 4.43. The maximum absolute atomic E-state index is 13.4. The van der Waals surface area contributed by atoms with Gasteiger partial charge in [-0.1, -0.05) is 59.6 Å². The van der Waals surface area contributed by atoms with Crippen molar-refractivity contribution >= 4 is 54.7 Å². The highest BCUT2D eigenvalue weighted by molar-refractivity contribution is 7.90. The van der Waals surface area contributed by atoms with Crippen LogP contribution in [0.5, 0.6) is 0 Å². The van der Waals surface area contributed by atoms with Crippen LogP contribution in [0.25, 0.3) is 0 Å². The zero-order chi connectivity index (χ0) is 26.7. The molecule has 4 atom stereocenters. The summed E-state index contributed by atoms with van der Waals surface area (Å²) in [5, 5.41) is 0.856. The molecular weight excluding hydrogens is 563 g/mol. The van der Waals surface area contributed by atoms with Crippen LogP contribution in [0.2, 0.25) is 10.0 Å². The van der Waals surface area contributed by atoms with Crippen molar-refractivity contribution in [2.75, 3.05) is 0 Å². The van der Waals surface area contributed by atoms with Crippen molar-refractivity contribution in [2.24, 2.45) is 32.5 Å². The van der Waals surface area contributed by atoms with Crippen LogP contribution in [0.1, 0.15) is 24.0 Å². The number of hydrogen-bond acceptors (Lipinski definition) is 4. The smallest absolute Gasteiger partial charge is 0.199 e. The highest BCUT2D eigenvalue weighted by Crippen LogP contribution is 2.51. The summed E-state index contributed by atoms with van der Waals surface area (Å²) in [7, 11) is -8.10. The van der Waals surface area contributed by atoms with Crippen molar-refractivity contribution < 1.29 is 16.8 Å². The van der Waals surface area contributed by atoms with Gasteiger partial charge in [-0.05, 0) is 73.2 Å². The van der Waals surface area contributed by atoms with E-state index in [9.17, 15) is 16.8 Å². The molecule has 0 saturated heterocycles. The molecule has 0 spiro atoms. The van der Waals surface area contributed by atoms with E-state index in [1.807, 2.05) is 0 Å². The zero-order valence-electron chi connectivity index (χ0n) is 19.9. The number of nitrogens with zero attached hydrogens (tertiary/aromatic N) is 2. The highest BCUT2D eigenvalue weighted by Gasteiger charge is 2.50. The molecule has 194 valence electrons. The van der Waals surface area contributed by atoms with Crippen LogP contribution in [-0.4, -0.2) is 28.3 Å². The Kier molecular flexibility index (Phi) is 6.34. The van der Waals surface area contributed by atoms with Crippen molar-refractivity contribution in [3.8, 4) is 0 Å². The summed E-state index contributed by atoms with van der Waals surface area (Å²) in [4.78, 5) is 0.0921. The molecule has 1 saturated carbocycles. The van der Waals surface area contributed by atoms with Gasteiger partial charge in [-0.2, -0.15) is 25.6 Å². The fourth-order valence-electron chi connectivity index (χ4n) is 5.83. The lowest BCUT2D eigenvalue weighted by Gasteiger charge is -2.48. The van der Waals surface area contributed by atoms with Crippen molar-refractivity contribution in [1.82, 2.24) is 0 Å². The third-order valence-electron chi connectivity index (χ3n) is 7.52. The number of fused-ring (bicyclic) bond motifs is 2. The fraction of sp³-hybridized carbons (Fsp3) is 0.214. The summed E-state index contributed by atoms with van der Waals surface area (Å²) in [5.74, 6) is -0.619. The molecule has 2 bridgehead atoms. The Hall–Kier alpha value is -2.78. The second-order valence-corrected chi connectivity index (χ2v) is 13.8. The standard InChI is InChI=1S/C28H22Cl2N2O4S2/c29-19-9-13-21(14-10-19)37(33,34)31-27-23-3-1-2-4-24(23)28(26-18-7-5-17(6-8-18)25(26)27)32-38(35,36)22-15-11-20(30)12-16-22/h1-5,7,9-18,25-26H,6,8H2/t17-,18-,25-,26+/m0/s1. The van der Waals surface area contributed by atoms with Crippen molar-refractivity contribution in [1.29, 1.82) is 0 Å². The molecule has 0 heterocycles. The Balaban J connectivity index is 1.57. The van der Waals surface area contributed by atoms with Gasteiger partial charge in [0.05, 0.1) is 21.2 Å². The van der Waals surface area contributed by atoms with Gasteiger partial charge >= 0.3 is 0 Å². The molecule has 3 aromatic rings. The summed E-state index contributed by atoms with van der Waals surface area (Å²) < 4.78 is 62.6. The van der Waals surface area contributed by atoms with Crippen molar-refractivity contribution in [3.05, 3.63) is 106 Å². The van der Waals surface area contributed by atoms with E-state index in [4.69, 9.17) is 23.2 Å². The van der Waals surface area contributed by atoms with Gasteiger partial charge in [0.25, 0.3) is 20.0 Å². The predicted molar refractivity (Wildman–Crippen MR) is 149 cm³/mol. The molecule has 4 aliphatic carbocycles. The van der Waals surface area contributed by atoms with Crippen LogP contribution in [0.4, 0.5) is 0 Å². The Labute approximate surface area is 231 Å². The van der Waals surface area contributed by atoms with Gasteiger partial charge in [0.1, 0.15) is 0 Å². The van der Waals surface area contributed by atoms with E-state index in [1.165, 1.54) is 48.5 Å². The summed E-state index contributed by atoms with van der Waals surface area (Å²) >= 11 is 11.9. The normalized spacial score (nSPS) is 26.4. The predicted octanol–water partition coefficient (Wildman–Crippen LogP) is 6.19. The number of halogens is 2. The molecule has 6 nitrogen and oxygen atoms in total. The molecular formula is C28H22Cl2N2O4S2. The molecule has 0 amide bonds. The third-order valence-corrected chi connectivity index (χ3v) is 10.6. The maximum atomic E-state index is 13.4. The summed E-state index contributed by atoms with van der Waals surface area (Å²) in [5.41, 5.74) is 2.06. The minimum absolute atomic E-state index is 0.0148. The van der Waals surface area contributed by atoms with E-state index < -0.39 is 20.0 Å². The monoisotopic (exact) mass is 584 g/mol. The summed E-state index contributed by atoms with van der Waals surface area (Å²) in [6, 6.07) is 19.0. The molecule has 0 aliphatic heterocycles. The fourth-order valence-corrected chi connectivity index (χ4v) is 8.21. The maximum Gasteiger partial charge on any atom is 0.282 e. The number of rotatable bonds is 4. The topological polar surface area (TPSA) is 93.0 Å². The van der Waals surface area contributed by atoms with Crippen molar-refractivity contribution in [2.45, 2.75) is 22.6 Å². The molecule has 38 heavy (non-hydrogen) atoms. The van der Waals surface area contributed by atoms with E-state index >= 15 is 0 Å². The van der Waals surface area contributed by atoms with Gasteiger partial charge in [-0.15, -0.1) is 0 Å². The minimum atomic E-state index is -4.05. The molecule has 0 radical (unpaired) electrons. The van der Waals surface area contributed by atoms with E-state index in [-0.39, 0.29) is 33.5 Å². The van der Waals surface area contributed by atoms with Crippen LogP contribution >= 0.6 is 23.2 Å². The SMILES string of the molecule is O=S(=O)(N=C1c2ccccc2C(=NS(=O)(=O)c2ccc(Cl)cc2)[C@H]2[C@@H]1[C@H]1C=C[C@H]2CC1)c1ccc(Cl)cc1. The number of allylic oxidation sites excluding steroid dienone is 2. The van der Waals surface area contributed by atoms with Crippen molar-refractivity contribution in [3.63, 3.8) is 0 Å². The number of hydrogen-bond donors (Lipinski definition) is 0. The number of sulfonamides is 2. The molecule has 3 aromatic carbocycles. The van der Waals surface area contributed by atoms with E-state index in [0.29, 0.717) is 32.6 Å². The Morgan fingerprint density at radius 2 is 0.947 bits per heavy atom. The Morgan fingerprint density at radius 3 is 1.29 bits per heavy atom. The Morgan fingerprint density at radius 1 is 0.579 bits per heavy atom. The average molecular weight is 586 g/mol. The van der Waals surface area contributed by atoms with Crippen LogP contribution in [0, 0.1) is 23.7 Å². The first-order valence-corrected chi connectivity index (χ1v) is 15.8. The van der Waals surface area contributed by atoms with Crippen LogP contribution in [0.15, 0.2) is 104 Å². The second-order valence-electron chi connectivity index (χ2n) is 9.70. The van der Waals surface area contributed by atoms with Gasteiger partial charge in [0.2, 0.25) is 0 Å². The minimum Gasteiger partial charge on any atom is -0.199 e. The van der Waals surface area contributed by atoms with Crippen LogP contribution in [-0.2, 0) is 20.0 Å². The van der Waals surface area contributed by atoms with E-state index in [1.54, 1.807) is 24.3 Å². The lowest BCUT2D eigenvalue weighted by atomic mass is 9.55. The number of benzene rings is 3. The molecule has 0 aromatic heterocycles. The molecule has 7 rings (SSSR count). The van der Waals surface area contributed by atoms with Crippen LogP contribution in [0.3, 0.4) is 0 Å². The van der Waals surface area contributed by atoms with Gasteiger partial charge in [0.15, 0.2) is 0 Å². The lowest BCUT2D eigenvalue weighted by molar-refractivity contribution is 0.226. The molecule has 1 fully saturated rings. The summed E-state index contributed by atoms with van der Waals surface area (Å²) in [6.45, 7) is 0. The van der Waals surface area contributed by atoms with Gasteiger partial charge < -0.3 is 0 Å². The van der Waals surface area contributed by atoms with Gasteiger partial charge in [-0.3, -0.25) is 0 Å². The largest absolute Gasteiger partial charge is 0.282 e. The highest BCUT2D eigenvalue weighted by atomic mass is 35.5. The molecule has 0 N–H and O–H groups in total. The first kappa shape index (κ1) is 25.5. The average Bonchev–Trinajstić information content (AvgIpc) is 2.91. The first-order valence-electron chi connectivity index (χ1n) is 12.1. The first-order chi connectivity index (χ1) is 18.1. The lowest BCUT2D eigenvalue weighted by Crippen LogP contribution is -2.49. The van der Waals surface area contributed by atoms with Gasteiger partial charge in [0, 0.05) is 33.0 Å².